The molecule has 0 bridgehead atoms. The first-order valence-corrected chi connectivity index (χ1v) is 9.42. The second-order valence-corrected chi connectivity index (χ2v) is 7.04. The Bertz CT molecular complexity index is 932. The van der Waals surface area contributed by atoms with Crippen molar-refractivity contribution in [3.8, 4) is 5.75 Å². The summed E-state index contributed by atoms with van der Waals surface area (Å²) in [6, 6.07) is 24.8. The minimum Gasteiger partial charge on any atom is -0.484 e. The number of benzene rings is 3. The molecule has 4 nitrogen and oxygen atoms in total. The van der Waals surface area contributed by atoms with E-state index in [1.807, 2.05) is 54.6 Å². The van der Waals surface area contributed by atoms with E-state index in [-0.39, 0.29) is 12.5 Å². The molecular formula is C21H17ClN2O2S. The van der Waals surface area contributed by atoms with Crippen LogP contribution in [0.15, 0.2) is 93.8 Å². The highest BCUT2D eigenvalue weighted by Gasteiger charge is 2.04. The maximum atomic E-state index is 11.9. The number of hydrogen-bond donors (Lipinski definition) is 1. The summed E-state index contributed by atoms with van der Waals surface area (Å²) in [5.74, 6) is 0.186. The fraction of sp³-hybridized carbons (Fsp3) is 0.0476. The van der Waals surface area contributed by atoms with E-state index in [4.69, 9.17) is 16.3 Å². The molecule has 0 aliphatic heterocycles. The summed E-state index contributed by atoms with van der Waals surface area (Å²) in [6.45, 7) is -0.141. The number of ether oxygens (including phenoxy) is 1. The van der Waals surface area contributed by atoms with Gasteiger partial charge in [-0.05, 0) is 36.4 Å². The van der Waals surface area contributed by atoms with Gasteiger partial charge in [0.15, 0.2) is 6.61 Å². The number of hydrazone groups is 1. The SMILES string of the molecule is O=C(COc1cccc(Cl)c1)N/N=C/c1ccccc1Sc1ccccc1. The Hall–Kier alpha value is -2.76. The molecule has 6 heteroatoms. The number of amides is 1. The van der Waals surface area contributed by atoms with Gasteiger partial charge in [0.05, 0.1) is 6.21 Å². The topological polar surface area (TPSA) is 50.7 Å². The van der Waals surface area contributed by atoms with Crippen LogP contribution in [0, 0.1) is 0 Å². The van der Waals surface area contributed by atoms with Gasteiger partial charge in [0.25, 0.3) is 5.91 Å². The second-order valence-electron chi connectivity index (χ2n) is 5.49. The summed E-state index contributed by atoms with van der Waals surface area (Å²) in [7, 11) is 0. The standard InChI is InChI=1S/C21H17ClN2O2S/c22-17-8-6-9-18(13-17)26-15-21(25)24-23-14-16-7-4-5-12-20(16)27-19-10-2-1-3-11-19/h1-14H,15H2,(H,24,25)/b23-14+. The van der Waals surface area contributed by atoms with Crippen LogP contribution in [-0.2, 0) is 4.79 Å². The third-order valence-electron chi connectivity index (χ3n) is 3.45. The molecule has 136 valence electrons. The smallest absolute Gasteiger partial charge is 0.277 e. The highest BCUT2D eigenvalue weighted by atomic mass is 35.5. The van der Waals surface area contributed by atoms with Crippen molar-refractivity contribution in [1.82, 2.24) is 5.43 Å². The molecule has 3 aromatic rings. The lowest BCUT2D eigenvalue weighted by atomic mass is 10.2. The Morgan fingerprint density at radius 1 is 1.04 bits per heavy atom. The zero-order valence-electron chi connectivity index (χ0n) is 14.3. The number of rotatable bonds is 7. The van der Waals surface area contributed by atoms with Crippen LogP contribution in [0.5, 0.6) is 5.75 Å². The minimum atomic E-state index is -0.348. The normalized spacial score (nSPS) is 10.7. The summed E-state index contributed by atoms with van der Waals surface area (Å²) in [4.78, 5) is 14.1. The Morgan fingerprint density at radius 3 is 2.63 bits per heavy atom. The van der Waals surface area contributed by atoms with E-state index in [9.17, 15) is 4.79 Å². The highest BCUT2D eigenvalue weighted by molar-refractivity contribution is 7.99. The third-order valence-corrected chi connectivity index (χ3v) is 4.78. The zero-order chi connectivity index (χ0) is 18.9. The number of nitrogens with zero attached hydrogens (tertiary/aromatic N) is 1. The van der Waals surface area contributed by atoms with Crippen molar-refractivity contribution in [2.45, 2.75) is 9.79 Å². The Labute approximate surface area is 167 Å². The van der Waals surface area contributed by atoms with Crippen molar-refractivity contribution in [2.75, 3.05) is 6.61 Å². The van der Waals surface area contributed by atoms with Crippen molar-refractivity contribution < 1.29 is 9.53 Å². The average molecular weight is 397 g/mol. The molecule has 0 aliphatic rings. The van der Waals surface area contributed by atoms with Crippen LogP contribution in [0.1, 0.15) is 5.56 Å². The van der Waals surface area contributed by atoms with Gasteiger partial charge >= 0.3 is 0 Å². The molecular weight excluding hydrogens is 380 g/mol. The summed E-state index contributed by atoms with van der Waals surface area (Å²) < 4.78 is 5.38. The molecule has 0 saturated heterocycles. The lowest BCUT2D eigenvalue weighted by Gasteiger charge is -2.06. The van der Waals surface area contributed by atoms with E-state index < -0.39 is 0 Å². The molecule has 0 aromatic heterocycles. The maximum Gasteiger partial charge on any atom is 0.277 e. The van der Waals surface area contributed by atoms with Crippen LogP contribution in [0.2, 0.25) is 5.02 Å². The first-order chi connectivity index (χ1) is 13.2. The molecule has 1 N–H and O–H groups in total. The van der Waals surface area contributed by atoms with Gasteiger partial charge in [0, 0.05) is 20.4 Å². The molecule has 0 radical (unpaired) electrons. The van der Waals surface area contributed by atoms with Gasteiger partial charge in [-0.2, -0.15) is 5.10 Å². The molecule has 0 spiro atoms. The van der Waals surface area contributed by atoms with Crippen molar-refractivity contribution in [1.29, 1.82) is 0 Å². The van der Waals surface area contributed by atoms with Crippen LogP contribution in [-0.4, -0.2) is 18.7 Å². The van der Waals surface area contributed by atoms with Gasteiger partial charge in [0.1, 0.15) is 5.75 Å². The van der Waals surface area contributed by atoms with Gasteiger partial charge in [-0.1, -0.05) is 65.8 Å². The summed E-state index contributed by atoms with van der Waals surface area (Å²) in [6.07, 6.45) is 1.63. The van der Waals surface area contributed by atoms with E-state index in [1.165, 1.54) is 0 Å². The monoisotopic (exact) mass is 396 g/mol. The van der Waals surface area contributed by atoms with E-state index in [2.05, 4.69) is 10.5 Å². The molecule has 3 aromatic carbocycles. The zero-order valence-corrected chi connectivity index (χ0v) is 15.9. The van der Waals surface area contributed by atoms with E-state index in [0.717, 1.165) is 15.4 Å². The molecule has 0 aliphatic carbocycles. The van der Waals surface area contributed by atoms with E-state index in [0.29, 0.717) is 10.8 Å². The molecule has 0 heterocycles. The minimum absolute atomic E-state index is 0.141. The number of carbonyl (C=O) groups excluding carboxylic acids is 1. The number of halogens is 1. The van der Waals surface area contributed by atoms with Crippen LogP contribution < -0.4 is 10.2 Å². The Balaban J connectivity index is 1.55. The summed E-state index contributed by atoms with van der Waals surface area (Å²) in [5.41, 5.74) is 3.39. The third kappa shape index (κ3) is 6.16. The Morgan fingerprint density at radius 2 is 1.81 bits per heavy atom. The molecule has 0 atom stereocenters. The fourth-order valence-electron chi connectivity index (χ4n) is 2.21. The van der Waals surface area contributed by atoms with Crippen LogP contribution in [0.4, 0.5) is 0 Å². The second kappa shape index (κ2) is 9.80. The lowest BCUT2D eigenvalue weighted by Crippen LogP contribution is -2.24. The number of nitrogens with one attached hydrogen (secondary N) is 1. The van der Waals surface area contributed by atoms with Crippen molar-refractivity contribution in [3.63, 3.8) is 0 Å². The van der Waals surface area contributed by atoms with E-state index >= 15 is 0 Å². The van der Waals surface area contributed by atoms with Gasteiger partial charge in [-0.25, -0.2) is 5.43 Å². The van der Waals surface area contributed by atoms with Gasteiger partial charge in [-0.3, -0.25) is 4.79 Å². The summed E-state index contributed by atoms with van der Waals surface area (Å²) in [5, 5.41) is 4.58. The van der Waals surface area contributed by atoms with Crippen molar-refractivity contribution in [3.05, 3.63) is 89.4 Å². The van der Waals surface area contributed by atoms with Gasteiger partial charge < -0.3 is 4.74 Å². The number of hydrogen-bond acceptors (Lipinski definition) is 4. The Kier molecular flexibility index (Phi) is 6.90. The largest absolute Gasteiger partial charge is 0.484 e. The van der Waals surface area contributed by atoms with E-state index in [1.54, 1.807) is 42.2 Å². The fourth-order valence-corrected chi connectivity index (χ4v) is 3.32. The molecule has 0 fully saturated rings. The predicted octanol–water partition coefficient (Wildman–Crippen LogP) is 5.02. The highest BCUT2D eigenvalue weighted by Crippen LogP contribution is 2.29. The lowest BCUT2D eigenvalue weighted by molar-refractivity contribution is -0.123. The van der Waals surface area contributed by atoms with Crippen molar-refractivity contribution >= 4 is 35.5 Å². The number of carbonyl (C=O) groups is 1. The first kappa shape index (κ1) is 19.0. The molecule has 27 heavy (non-hydrogen) atoms. The molecule has 1 amide bonds. The molecule has 3 rings (SSSR count). The van der Waals surface area contributed by atoms with Gasteiger partial charge in [-0.15, -0.1) is 0 Å². The van der Waals surface area contributed by atoms with Gasteiger partial charge in [0.2, 0.25) is 0 Å². The van der Waals surface area contributed by atoms with Crippen LogP contribution >= 0.6 is 23.4 Å². The maximum absolute atomic E-state index is 11.9. The first-order valence-electron chi connectivity index (χ1n) is 8.23. The quantitative estimate of drug-likeness (QED) is 0.450. The van der Waals surface area contributed by atoms with Crippen LogP contribution in [0.3, 0.4) is 0 Å². The molecule has 0 unspecified atom stereocenters. The summed E-state index contributed by atoms with van der Waals surface area (Å²) >= 11 is 7.52. The van der Waals surface area contributed by atoms with Crippen LogP contribution in [0.25, 0.3) is 0 Å². The van der Waals surface area contributed by atoms with Crippen molar-refractivity contribution in [2.24, 2.45) is 5.10 Å². The average Bonchev–Trinajstić information content (AvgIpc) is 2.69. The molecule has 0 saturated carbocycles. The predicted molar refractivity (Wildman–Crippen MR) is 110 cm³/mol.